The first-order valence-corrected chi connectivity index (χ1v) is 14.1. The van der Waals surface area contributed by atoms with Crippen LogP contribution in [-0.2, 0) is 4.74 Å². The summed E-state index contributed by atoms with van der Waals surface area (Å²) in [5.41, 5.74) is 3.22. The van der Waals surface area contributed by atoms with Crippen LogP contribution in [-0.4, -0.2) is 12.7 Å². The van der Waals surface area contributed by atoms with E-state index in [0.29, 0.717) is 43.7 Å². The van der Waals surface area contributed by atoms with Crippen molar-refractivity contribution >= 4 is 70.8 Å². The predicted molar refractivity (Wildman–Crippen MR) is 171 cm³/mol. The van der Waals surface area contributed by atoms with Gasteiger partial charge in [-0.25, -0.2) is 4.79 Å². The molecule has 6 heteroatoms. The Morgan fingerprint density at radius 3 is 1.88 bits per heavy atom. The lowest BCUT2D eigenvalue weighted by Gasteiger charge is -2.18. The van der Waals surface area contributed by atoms with E-state index in [1.54, 1.807) is 13.0 Å². The van der Waals surface area contributed by atoms with Gasteiger partial charge < -0.3 is 4.74 Å². The van der Waals surface area contributed by atoms with Gasteiger partial charge in [0, 0.05) is 53.5 Å². The van der Waals surface area contributed by atoms with Gasteiger partial charge in [-0.15, -0.1) is 0 Å². The van der Waals surface area contributed by atoms with Gasteiger partial charge >= 0.3 is 6.09 Å². The molecule has 0 aliphatic carbocycles. The largest absolute Gasteiger partial charge is 0.450 e. The van der Waals surface area contributed by atoms with Crippen molar-refractivity contribution in [1.29, 1.82) is 0 Å². The molecule has 0 aliphatic heterocycles. The van der Waals surface area contributed by atoms with Crippen molar-refractivity contribution in [1.82, 2.24) is 0 Å². The van der Waals surface area contributed by atoms with Crippen molar-refractivity contribution in [2.24, 2.45) is 0 Å². The van der Waals surface area contributed by atoms with E-state index in [4.69, 9.17) is 4.74 Å². The van der Waals surface area contributed by atoms with Crippen LogP contribution in [0.2, 0.25) is 0 Å². The minimum Gasteiger partial charge on any atom is -0.450 e. The average Bonchev–Trinajstić information content (AvgIpc) is 3.45. The number of fused-ring (bicyclic) bond motifs is 7. The highest BCUT2D eigenvalue weighted by Crippen LogP contribution is 2.49. The molecule has 7 aromatic carbocycles. The lowest BCUT2D eigenvalue weighted by Crippen LogP contribution is -2.14. The third-order valence-corrected chi connectivity index (χ3v) is 8.21. The quantitative estimate of drug-likeness (QED) is 0.220. The molecule has 198 valence electrons. The van der Waals surface area contributed by atoms with Gasteiger partial charge in [-0.05, 0) is 41.5 Å². The number of para-hydroxylation sites is 1. The topological polar surface area (TPSA) is 72.5 Å². The maximum Gasteiger partial charge on any atom is 0.411 e. The van der Waals surface area contributed by atoms with Gasteiger partial charge in [-0.3, -0.25) is 14.9 Å². The first kappa shape index (κ1) is 25.2. The van der Waals surface area contributed by atoms with Gasteiger partial charge in [0.1, 0.15) is 0 Å². The molecule has 0 unspecified atom stereocenters. The Kier molecular flexibility index (Phi) is 5.94. The summed E-state index contributed by atoms with van der Waals surface area (Å²) in [6, 6.07) is 30.3. The molecule has 0 radical (unpaired) electrons. The molecule has 0 saturated carbocycles. The maximum atomic E-state index is 14.2. The molecule has 7 aromatic rings. The van der Waals surface area contributed by atoms with E-state index < -0.39 is 6.09 Å². The summed E-state index contributed by atoms with van der Waals surface area (Å²) in [5.74, 6) is 0. The first-order chi connectivity index (χ1) is 20.0. The zero-order chi connectivity index (χ0) is 28.2. The number of rotatable bonds is 4. The summed E-state index contributed by atoms with van der Waals surface area (Å²) in [6.45, 7) is 1.97. The van der Waals surface area contributed by atoms with Gasteiger partial charge in [-0.1, -0.05) is 94.8 Å². The number of carbonyl (C=O) groups is 1. The van der Waals surface area contributed by atoms with Gasteiger partial charge in [0.2, 0.25) is 0 Å². The fourth-order valence-corrected chi connectivity index (χ4v) is 6.34. The Morgan fingerprint density at radius 1 is 0.659 bits per heavy atom. The molecule has 0 bridgehead atoms. The Bertz CT molecular complexity index is 2260. The van der Waals surface area contributed by atoms with Crippen molar-refractivity contribution in [3.8, 4) is 22.3 Å². The van der Waals surface area contributed by atoms with Crippen LogP contribution in [0.4, 0.5) is 10.5 Å². The molecule has 41 heavy (non-hydrogen) atoms. The van der Waals surface area contributed by atoms with Crippen molar-refractivity contribution in [2.75, 3.05) is 11.9 Å². The molecule has 0 aliphatic rings. The van der Waals surface area contributed by atoms with Crippen molar-refractivity contribution in [3.63, 3.8) is 0 Å². The molecule has 0 aromatic heterocycles. The average molecular weight is 600 g/mol. The fourth-order valence-electron chi connectivity index (χ4n) is 6.07. The number of amides is 1. The zero-order valence-electron chi connectivity index (χ0n) is 22.0. The normalized spacial score (nSPS) is 11.6. The molecule has 0 fully saturated rings. The van der Waals surface area contributed by atoms with E-state index in [-0.39, 0.29) is 17.5 Å². The Morgan fingerprint density at radius 2 is 1.22 bits per heavy atom. The maximum absolute atomic E-state index is 14.2. The molecule has 1 N–H and O–H groups in total. The lowest BCUT2D eigenvalue weighted by molar-refractivity contribution is 0.168. The second-order valence-electron chi connectivity index (χ2n) is 9.90. The molecule has 0 heterocycles. The Hall–Kier alpha value is -4.81. The second kappa shape index (κ2) is 9.68. The van der Waals surface area contributed by atoms with Gasteiger partial charge in [-0.2, -0.15) is 0 Å². The molecule has 0 spiro atoms. The number of ether oxygens (including phenoxy) is 1. The molecular weight excluding hydrogens is 578 g/mol. The summed E-state index contributed by atoms with van der Waals surface area (Å²) in [4.78, 5) is 41.0. The minimum absolute atomic E-state index is 0.115. The molecule has 0 saturated heterocycles. The van der Waals surface area contributed by atoms with Crippen molar-refractivity contribution < 1.29 is 9.53 Å². The first-order valence-electron chi connectivity index (χ1n) is 13.3. The molecule has 0 atom stereocenters. The van der Waals surface area contributed by atoms with Crippen LogP contribution >= 0.6 is 15.9 Å². The monoisotopic (exact) mass is 599 g/mol. The highest BCUT2D eigenvalue weighted by molar-refractivity contribution is 9.10. The van der Waals surface area contributed by atoms with Crippen molar-refractivity contribution in [3.05, 3.63) is 122 Å². The van der Waals surface area contributed by atoms with Crippen LogP contribution in [0, 0.1) is 0 Å². The highest BCUT2D eigenvalue weighted by atomic mass is 79.9. The summed E-state index contributed by atoms with van der Waals surface area (Å²) in [6.07, 6.45) is -0.581. The van der Waals surface area contributed by atoms with Gasteiger partial charge in [0.25, 0.3) is 0 Å². The number of nitrogens with one attached hydrogen (secondary N) is 1. The third-order valence-electron chi connectivity index (χ3n) is 7.68. The molecular formula is C35H22BrNO4. The van der Waals surface area contributed by atoms with Crippen LogP contribution in [0.5, 0.6) is 0 Å². The standard InChI is InChI=1S/C35H22BrNO4/c1-2-41-35(40)37-26-14-8-7-13-25(26)30-27(19-15-17-20(36)18-16-19)31-29(22-10-4-6-12-24(22)33(31)38)32-28(30)21-9-3-5-11-23(21)34(32)39/h3-18H,2H2,1H3,(H,37,40). The summed E-state index contributed by atoms with van der Waals surface area (Å²) >= 11 is 3.54. The number of anilines is 1. The fraction of sp³-hybridized carbons (Fsp3) is 0.0571. The van der Waals surface area contributed by atoms with Crippen LogP contribution < -0.4 is 16.2 Å². The van der Waals surface area contributed by atoms with Crippen LogP contribution in [0.1, 0.15) is 6.92 Å². The zero-order valence-corrected chi connectivity index (χ0v) is 23.5. The summed E-state index contributed by atoms with van der Waals surface area (Å²) < 4.78 is 6.10. The minimum atomic E-state index is -0.581. The number of benzene rings is 5. The van der Waals surface area contributed by atoms with E-state index in [0.717, 1.165) is 31.8 Å². The predicted octanol–water partition coefficient (Wildman–Crippen LogP) is 8.56. The van der Waals surface area contributed by atoms with E-state index >= 15 is 0 Å². The number of halogens is 1. The molecule has 5 nitrogen and oxygen atoms in total. The second-order valence-corrected chi connectivity index (χ2v) is 10.8. The number of carbonyl (C=O) groups excluding carboxylic acids is 1. The van der Waals surface area contributed by atoms with Gasteiger partial charge in [0.05, 0.1) is 12.3 Å². The van der Waals surface area contributed by atoms with E-state index in [1.165, 1.54) is 0 Å². The summed E-state index contributed by atoms with van der Waals surface area (Å²) in [7, 11) is 0. The molecule has 1 amide bonds. The smallest absolute Gasteiger partial charge is 0.411 e. The Balaban J connectivity index is 1.79. The third kappa shape index (κ3) is 3.79. The number of hydrogen-bond acceptors (Lipinski definition) is 4. The Labute approximate surface area is 242 Å². The highest BCUT2D eigenvalue weighted by Gasteiger charge is 2.28. The molecule has 7 rings (SSSR count). The van der Waals surface area contributed by atoms with Gasteiger partial charge in [0.15, 0.2) is 10.9 Å². The summed E-state index contributed by atoms with van der Waals surface area (Å²) in [5, 5.41) is 8.03. The van der Waals surface area contributed by atoms with Crippen LogP contribution in [0.25, 0.3) is 65.3 Å². The van der Waals surface area contributed by atoms with Crippen LogP contribution in [0.3, 0.4) is 0 Å². The lowest BCUT2D eigenvalue weighted by atomic mass is 9.86. The number of hydrogen-bond donors (Lipinski definition) is 1. The van der Waals surface area contributed by atoms with E-state index in [1.807, 2.05) is 91.0 Å². The van der Waals surface area contributed by atoms with Crippen LogP contribution in [0.15, 0.2) is 111 Å². The van der Waals surface area contributed by atoms with E-state index in [2.05, 4.69) is 21.2 Å². The van der Waals surface area contributed by atoms with E-state index in [9.17, 15) is 14.4 Å². The SMILES string of the molecule is CCOC(=O)Nc1ccccc1-c1c(-c2ccc(Br)cc2)c2c(=O)c3ccccc3c2c2c(=O)c3ccccc3c12. The van der Waals surface area contributed by atoms with Crippen molar-refractivity contribution in [2.45, 2.75) is 6.92 Å².